The molecule has 8 nitrogen and oxygen atoms in total. The van der Waals surface area contributed by atoms with Crippen LogP contribution in [0.5, 0.6) is 0 Å². The van der Waals surface area contributed by atoms with Gasteiger partial charge in [0.15, 0.2) is 5.76 Å². The Hall–Kier alpha value is -4.07. The molecule has 0 bridgehead atoms. The third kappa shape index (κ3) is 5.71. The van der Waals surface area contributed by atoms with E-state index in [4.69, 9.17) is 4.42 Å². The molecule has 0 aliphatic rings. The molecular weight excluding hydrogens is 386 g/mol. The van der Waals surface area contributed by atoms with Crippen molar-refractivity contribution in [1.29, 1.82) is 0 Å². The predicted octanol–water partition coefficient (Wildman–Crippen LogP) is 3.44. The highest BCUT2D eigenvalue weighted by molar-refractivity contribution is 6.00. The van der Waals surface area contributed by atoms with E-state index in [1.165, 1.54) is 19.4 Å². The van der Waals surface area contributed by atoms with Crippen LogP contribution in [0.15, 0.2) is 77.4 Å². The van der Waals surface area contributed by atoms with Gasteiger partial charge >= 0.3 is 6.09 Å². The van der Waals surface area contributed by atoms with Crippen LogP contribution in [0.3, 0.4) is 0 Å². The van der Waals surface area contributed by atoms with Crippen LogP contribution in [0.4, 0.5) is 16.2 Å². The van der Waals surface area contributed by atoms with E-state index >= 15 is 0 Å². The number of carbonyl (C=O) groups excluding carboxylic acids is 3. The molecule has 0 fully saturated rings. The third-order valence-corrected chi connectivity index (χ3v) is 4.23. The van der Waals surface area contributed by atoms with Gasteiger partial charge in [-0.05, 0) is 42.0 Å². The maximum absolute atomic E-state index is 12.9. The number of hydrogen-bond acceptors (Lipinski definition) is 5. The molecule has 0 radical (unpaired) electrons. The summed E-state index contributed by atoms with van der Waals surface area (Å²) >= 11 is 0. The Balaban J connectivity index is 1.70. The smallest absolute Gasteiger partial charge is 0.411 e. The number of amides is 3. The van der Waals surface area contributed by atoms with Gasteiger partial charge in [0.25, 0.3) is 5.91 Å². The van der Waals surface area contributed by atoms with Crippen molar-refractivity contribution in [1.82, 2.24) is 5.32 Å². The zero-order valence-electron chi connectivity index (χ0n) is 16.3. The normalized spacial score (nSPS) is 11.2. The summed E-state index contributed by atoms with van der Waals surface area (Å²) in [5.74, 6) is -0.736. The fraction of sp³-hybridized carbons (Fsp3) is 0.136. The van der Waals surface area contributed by atoms with E-state index in [0.29, 0.717) is 17.8 Å². The van der Waals surface area contributed by atoms with E-state index in [1.807, 2.05) is 30.3 Å². The van der Waals surface area contributed by atoms with E-state index < -0.39 is 18.0 Å². The summed E-state index contributed by atoms with van der Waals surface area (Å²) in [4.78, 5) is 36.5. The minimum Gasteiger partial charge on any atom is -0.459 e. The Bertz CT molecular complexity index is 985. The van der Waals surface area contributed by atoms with Crippen LogP contribution in [0.1, 0.15) is 16.1 Å². The minimum absolute atomic E-state index is 0.124. The first-order valence-corrected chi connectivity index (χ1v) is 9.19. The maximum atomic E-state index is 12.9. The van der Waals surface area contributed by atoms with Crippen LogP contribution in [0.25, 0.3) is 0 Å². The van der Waals surface area contributed by atoms with Gasteiger partial charge in [0, 0.05) is 17.8 Å². The lowest BCUT2D eigenvalue weighted by atomic mass is 10.0. The molecular formula is C22H21N3O5. The first kappa shape index (κ1) is 20.7. The molecule has 1 atom stereocenters. The van der Waals surface area contributed by atoms with Crippen molar-refractivity contribution in [3.05, 3.63) is 84.3 Å². The molecule has 0 spiro atoms. The van der Waals surface area contributed by atoms with Crippen molar-refractivity contribution in [2.24, 2.45) is 0 Å². The van der Waals surface area contributed by atoms with Gasteiger partial charge < -0.3 is 19.8 Å². The second kappa shape index (κ2) is 9.92. The largest absolute Gasteiger partial charge is 0.459 e. The Kier molecular flexibility index (Phi) is 6.83. The molecule has 1 heterocycles. The van der Waals surface area contributed by atoms with Crippen LogP contribution in [0, 0.1) is 0 Å². The molecule has 154 valence electrons. The lowest BCUT2D eigenvalue weighted by Crippen LogP contribution is -2.45. The summed E-state index contributed by atoms with van der Waals surface area (Å²) in [5, 5.41) is 8.02. The first-order valence-electron chi connectivity index (χ1n) is 9.19. The molecule has 1 aromatic heterocycles. The Morgan fingerprint density at radius 3 is 2.17 bits per heavy atom. The van der Waals surface area contributed by atoms with E-state index in [2.05, 4.69) is 20.7 Å². The first-order chi connectivity index (χ1) is 14.5. The number of methoxy groups -OCH3 is 1. The quantitative estimate of drug-likeness (QED) is 0.556. The zero-order chi connectivity index (χ0) is 21.3. The molecule has 8 heteroatoms. The van der Waals surface area contributed by atoms with Crippen LogP contribution >= 0.6 is 0 Å². The number of furan rings is 1. The summed E-state index contributed by atoms with van der Waals surface area (Å²) in [5.41, 5.74) is 1.93. The van der Waals surface area contributed by atoms with Gasteiger partial charge in [0.1, 0.15) is 6.04 Å². The van der Waals surface area contributed by atoms with Crippen molar-refractivity contribution in [3.8, 4) is 0 Å². The van der Waals surface area contributed by atoms with Crippen LogP contribution in [-0.4, -0.2) is 31.1 Å². The molecule has 0 aliphatic carbocycles. The van der Waals surface area contributed by atoms with Gasteiger partial charge in [-0.1, -0.05) is 30.3 Å². The number of hydrogen-bond donors (Lipinski definition) is 3. The SMILES string of the molecule is COC(=O)Nc1ccc(NC(=O)C(Cc2ccccc2)NC(=O)c2ccco2)cc1. The molecule has 3 aromatic rings. The maximum Gasteiger partial charge on any atom is 0.411 e. The summed E-state index contributed by atoms with van der Waals surface area (Å²) in [6, 6.07) is 18.2. The Morgan fingerprint density at radius 2 is 1.57 bits per heavy atom. The molecule has 1 unspecified atom stereocenters. The van der Waals surface area contributed by atoms with Crippen molar-refractivity contribution in [3.63, 3.8) is 0 Å². The highest BCUT2D eigenvalue weighted by Crippen LogP contribution is 2.15. The van der Waals surface area contributed by atoms with Crippen molar-refractivity contribution >= 4 is 29.3 Å². The molecule has 2 aromatic carbocycles. The van der Waals surface area contributed by atoms with Gasteiger partial charge in [-0.15, -0.1) is 0 Å². The van der Waals surface area contributed by atoms with E-state index in [9.17, 15) is 14.4 Å². The summed E-state index contributed by atoms with van der Waals surface area (Å²) in [7, 11) is 1.27. The predicted molar refractivity (Wildman–Crippen MR) is 111 cm³/mol. The molecule has 30 heavy (non-hydrogen) atoms. The lowest BCUT2D eigenvalue weighted by molar-refractivity contribution is -0.118. The lowest BCUT2D eigenvalue weighted by Gasteiger charge is -2.18. The fourth-order valence-corrected chi connectivity index (χ4v) is 2.73. The Labute approximate surface area is 173 Å². The number of ether oxygens (including phenoxy) is 1. The van der Waals surface area contributed by atoms with Gasteiger partial charge in [0.05, 0.1) is 13.4 Å². The molecule has 3 amide bonds. The van der Waals surface area contributed by atoms with Gasteiger partial charge in [-0.2, -0.15) is 0 Å². The second-order valence-corrected chi connectivity index (χ2v) is 6.38. The second-order valence-electron chi connectivity index (χ2n) is 6.38. The van der Waals surface area contributed by atoms with Crippen LogP contribution in [0.2, 0.25) is 0 Å². The van der Waals surface area contributed by atoms with Crippen LogP contribution in [-0.2, 0) is 16.0 Å². The number of rotatable bonds is 7. The standard InChI is InChI=1S/C22H21N3O5/c1-29-22(28)24-17-11-9-16(10-12-17)23-20(26)18(14-15-6-3-2-4-7-15)25-21(27)19-8-5-13-30-19/h2-13,18H,14H2,1H3,(H,23,26)(H,24,28)(H,25,27). The average Bonchev–Trinajstić information content (AvgIpc) is 3.30. The summed E-state index contributed by atoms with van der Waals surface area (Å²) in [6.07, 6.45) is 1.11. The molecule has 3 rings (SSSR count). The van der Waals surface area contributed by atoms with Crippen LogP contribution < -0.4 is 16.0 Å². The zero-order valence-corrected chi connectivity index (χ0v) is 16.3. The number of anilines is 2. The van der Waals surface area contributed by atoms with Gasteiger partial charge in [-0.3, -0.25) is 14.9 Å². The van der Waals surface area contributed by atoms with E-state index in [0.717, 1.165) is 5.56 Å². The van der Waals surface area contributed by atoms with Crippen molar-refractivity contribution in [2.45, 2.75) is 12.5 Å². The Morgan fingerprint density at radius 1 is 0.900 bits per heavy atom. The van der Waals surface area contributed by atoms with Crippen molar-refractivity contribution < 1.29 is 23.5 Å². The fourth-order valence-electron chi connectivity index (χ4n) is 2.73. The van der Waals surface area contributed by atoms with E-state index in [1.54, 1.807) is 30.3 Å². The third-order valence-electron chi connectivity index (χ3n) is 4.23. The van der Waals surface area contributed by atoms with Crippen molar-refractivity contribution in [2.75, 3.05) is 17.7 Å². The van der Waals surface area contributed by atoms with Gasteiger partial charge in [-0.25, -0.2) is 4.79 Å². The molecule has 0 saturated carbocycles. The van der Waals surface area contributed by atoms with E-state index in [-0.39, 0.29) is 11.7 Å². The highest BCUT2D eigenvalue weighted by Gasteiger charge is 2.23. The highest BCUT2D eigenvalue weighted by atomic mass is 16.5. The van der Waals surface area contributed by atoms with Gasteiger partial charge in [0.2, 0.25) is 5.91 Å². The average molecular weight is 407 g/mol. The topological polar surface area (TPSA) is 110 Å². The number of nitrogens with one attached hydrogen (secondary N) is 3. The summed E-state index contributed by atoms with van der Waals surface area (Å²) in [6.45, 7) is 0. The number of carbonyl (C=O) groups is 3. The number of benzene rings is 2. The monoisotopic (exact) mass is 407 g/mol. The molecule has 3 N–H and O–H groups in total. The minimum atomic E-state index is -0.821. The molecule has 0 saturated heterocycles. The molecule has 0 aliphatic heterocycles. The summed E-state index contributed by atoms with van der Waals surface area (Å²) < 4.78 is 9.65.